The number of hydrogen-bond acceptors (Lipinski definition) is 2. The summed E-state index contributed by atoms with van der Waals surface area (Å²) in [6, 6.07) is 3.91. The predicted octanol–water partition coefficient (Wildman–Crippen LogP) is 2.23. The van der Waals surface area contributed by atoms with Crippen molar-refractivity contribution in [2.75, 3.05) is 0 Å². The Bertz CT molecular complexity index is 153. The lowest BCUT2D eigenvalue weighted by Gasteiger charge is -1.43. The Balaban J connectivity index is 0.0000001000. The van der Waals surface area contributed by atoms with E-state index in [0.717, 1.165) is 0 Å². The highest BCUT2D eigenvalue weighted by atomic mass is 31.0. The molecule has 10 heavy (non-hydrogen) atoms. The molecular formula is C6H8N2P2. The lowest BCUT2D eigenvalue weighted by Crippen LogP contribution is -1.30. The van der Waals surface area contributed by atoms with Gasteiger partial charge in [-0.15, -0.1) is 0 Å². The normalized spacial score (nSPS) is 9.60. The molecule has 0 radical (unpaired) electrons. The second kappa shape index (κ2) is 5.22. The fraction of sp³-hybridized carbons (Fsp3) is 0. The third kappa shape index (κ3) is 3.45. The van der Waals surface area contributed by atoms with Crippen LogP contribution in [0.1, 0.15) is 0 Å². The first-order valence-corrected chi connectivity index (χ1v) is 4.92. The number of rotatable bonds is 0. The maximum atomic E-state index is 3.88. The van der Waals surface area contributed by atoms with Gasteiger partial charge in [0.1, 0.15) is 0 Å². The van der Waals surface area contributed by atoms with Gasteiger partial charge in [-0.3, -0.25) is 0 Å². The van der Waals surface area contributed by atoms with Crippen LogP contribution in [0, 0.1) is 0 Å². The molecule has 0 aliphatic rings. The molecule has 0 saturated heterocycles. The Morgan fingerprint density at radius 3 is 1.40 bits per heavy atom. The summed E-state index contributed by atoms with van der Waals surface area (Å²) in [4.78, 5) is 0. The molecule has 2 unspecified atom stereocenters. The molecule has 0 aliphatic heterocycles. The molecule has 2 aromatic rings. The van der Waals surface area contributed by atoms with Crippen LogP contribution >= 0.6 is 16.7 Å². The van der Waals surface area contributed by atoms with Gasteiger partial charge in [-0.05, 0) is 40.4 Å². The predicted molar refractivity (Wildman–Crippen MR) is 47.5 cm³/mol. The summed E-state index contributed by atoms with van der Waals surface area (Å²) in [5.74, 6) is 4.08. The van der Waals surface area contributed by atoms with Crippen LogP contribution in [0.25, 0.3) is 0 Å². The first-order valence-electron chi connectivity index (χ1n) is 2.87. The Hall–Kier alpha value is -0.580. The van der Waals surface area contributed by atoms with Gasteiger partial charge in [0.15, 0.2) is 0 Å². The van der Waals surface area contributed by atoms with Gasteiger partial charge in [0, 0.05) is 12.4 Å². The molecule has 0 aromatic carbocycles. The van der Waals surface area contributed by atoms with Crippen LogP contribution in [0.5, 0.6) is 0 Å². The van der Waals surface area contributed by atoms with E-state index < -0.39 is 0 Å². The van der Waals surface area contributed by atoms with E-state index in [0.29, 0.717) is 16.7 Å². The maximum Gasteiger partial charge on any atom is 0.0309 e. The molecule has 4 heteroatoms. The Morgan fingerprint density at radius 1 is 0.800 bits per heavy atom. The third-order valence-corrected chi connectivity index (χ3v) is 2.09. The van der Waals surface area contributed by atoms with Gasteiger partial charge in [-0.25, -0.2) is 9.49 Å². The molecule has 2 aromatic heterocycles. The zero-order valence-corrected chi connectivity index (χ0v) is 7.36. The Kier molecular flexibility index (Phi) is 3.93. The molecular weight excluding hydrogens is 162 g/mol. The molecule has 0 N–H and O–H groups in total. The standard InChI is InChI=1S/2C3H4NP/c2*1-2-4-5-3-1/h2*1-3,5H. The number of aromatic nitrogens is 2. The molecule has 0 saturated carbocycles. The van der Waals surface area contributed by atoms with Crippen molar-refractivity contribution in [1.29, 1.82) is 0 Å². The van der Waals surface area contributed by atoms with Gasteiger partial charge in [0.25, 0.3) is 0 Å². The van der Waals surface area contributed by atoms with E-state index in [1.165, 1.54) is 0 Å². The van der Waals surface area contributed by atoms with E-state index in [9.17, 15) is 0 Å². The van der Waals surface area contributed by atoms with Gasteiger partial charge in [-0.1, -0.05) is 0 Å². The first-order chi connectivity index (χ1) is 5.00. The van der Waals surface area contributed by atoms with Crippen LogP contribution in [0.4, 0.5) is 0 Å². The van der Waals surface area contributed by atoms with Crippen molar-refractivity contribution in [3.05, 3.63) is 36.1 Å². The highest BCUT2D eigenvalue weighted by molar-refractivity contribution is 7.24. The second-order valence-electron chi connectivity index (χ2n) is 1.53. The Labute approximate surface area is 63.0 Å². The Morgan fingerprint density at radius 2 is 1.30 bits per heavy atom. The molecule has 0 spiro atoms. The molecule has 0 amide bonds. The van der Waals surface area contributed by atoms with Crippen LogP contribution in [0.3, 0.4) is 0 Å². The number of hydrogen-bond donors (Lipinski definition) is 0. The molecule has 2 heterocycles. The zero-order valence-electron chi connectivity index (χ0n) is 5.36. The highest BCUT2D eigenvalue weighted by Gasteiger charge is 1.58. The maximum absolute atomic E-state index is 3.88. The SMILES string of the molecule is c1cn[pH]c1.c1cn[pH]c1. The summed E-state index contributed by atoms with van der Waals surface area (Å²) in [6.07, 6.45) is 3.64. The molecule has 52 valence electrons. The van der Waals surface area contributed by atoms with E-state index in [-0.39, 0.29) is 0 Å². The van der Waals surface area contributed by atoms with Crippen LogP contribution in [0.2, 0.25) is 0 Å². The summed E-state index contributed by atoms with van der Waals surface area (Å²) in [6.45, 7) is 0. The van der Waals surface area contributed by atoms with E-state index in [2.05, 4.69) is 9.49 Å². The summed E-state index contributed by atoms with van der Waals surface area (Å²) in [7, 11) is 1.40. The first kappa shape index (κ1) is 7.53. The minimum absolute atomic E-state index is 0.698. The summed E-state index contributed by atoms with van der Waals surface area (Å²) in [5.41, 5.74) is 0. The second-order valence-corrected chi connectivity index (χ2v) is 3.23. The molecule has 2 rings (SSSR count). The van der Waals surface area contributed by atoms with Crippen molar-refractivity contribution in [3.63, 3.8) is 0 Å². The van der Waals surface area contributed by atoms with Crippen molar-refractivity contribution in [1.82, 2.24) is 9.49 Å². The van der Waals surface area contributed by atoms with E-state index in [1.807, 2.05) is 36.1 Å². The smallest absolute Gasteiger partial charge is 0.0309 e. The molecule has 2 atom stereocenters. The van der Waals surface area contributed by atoms with E-state index in [4.69, 9.17) is 0 Å². The van der Waals surface area contributed by atoms with Gasteiger partial charge >= 0.3 is 0 Å². The minimum Gasteiger partial charge on any atom is -0.249 e. The highest BCUT2D eigenvalue weighted by Crippen LogP contribution is 1.92. The average Bonchev–Trinajstić information content (AvgIpc) is 2.67. The lowest BCUT2D eigenvalue weighted by atomic mass is 10.8. The van der Waals surface area contributed by atoms with Crippen molar-refractivity contribution in [3.8, 4) is 0 Å². The topological polar surface area (TPSA) is 25.8 Å². The number of nitrogens with zero attached hydrogens (tertiary/aromatic N) is 2. The van der Waals surface area contributed by atoms with Crippen LogP contribution < -0.4 is 0 Å². The fourth-order valence-corrected chi connectivity index (χ4v) is 1.29. The van der Waals surface area contributed by atoms with E-state index >= 15 is 0 Å². The van der Waals surface area contributed by atoms with Crippen molar-refractivity contribution >= 4 is 16.7 Å². The van der Waals surface area contributed by atoms with Gasteiger partial charge in [0.2, 0.25) is 0 Å². The van der Waals surface area contributed by atoms with Crippen molar-refractivity contribution in [2.45, 2.75) is 0 Å². The van der Waals surface area contributed by atoms with Gasteiger partial charge in [0.05, 0.1) is 0 Å². The van der Waals surface area contributed by atoms with E-state index in [1.54, 1.807) is 0 Å². The quantitative estimate of drug-likeness (QED) is 0.605. The van der Waals surface area contributed by atoms with Crippen LogP contribution in [0.15, 0.2) is 36.1 Å². The summed E-state index contributed by atoms with van der Waals surface area (Å²) < 4.78 is 7.75. The van der Waals surface area contributed by atoms with Crippen molar-refractivity contribution in [2.24, 2.45) is 0 Å². The summed E-state index contributed by atoms with van der Waals surface area (Å²) in [5, 5.41) is 0. The molecule has 0 aliphatic carbocycles. The van der Waals surface area contributed by atoms with Gasteiger partial charge < -0.3 is 0 Å². The zero-order chi connectivity index (χ0) is 7.07. The van der Waals surface area contributed by atoms with Crippen LogP contribution in [-0.4, -0.2) is 9.49 Å². The van der Waals surface area contributed by atoms with Gasteiger partial charge in [-0.2, -0.15) is 0 Å². The molecule has 0 fully saturated rings. The summed E-state index contributed by atoms with van der Waals surface area (Å²) >= 11 is 0. The minimum atomic E-state index is 0.698. The molecule has 2 nitrogen and oxygen atoms in total. The van der Waals surface area contributed by atoms with Crippen molar-refractivity contribution < 1.29 is 0 Å². The fourth-order valence-electron chi connectivity index (χ4n) is 0.430. The monoisotopic (exact) mass is 170 g/mol. The third-order valence-electron chi connectivity index (χ3n) is 0.812. The molecule has 0 bridgehead atoms. The van der Waals surface area contributed by atoms with Crippen LogP contribution in [-0.2, 0) is 0 Å². The largest absolute Gasteiger partial charge is 0.249 e. The lowest BCUT2D eigenvalue weighted by molar-refractivity contribution is 1.59. The average molecular weight is 170 g/mol.